The fourth-order valence-corrected chi connectivity index (χ4v) is 0.779. The van der Waals surface area contributed by atoms with Gasteiger partial charge in [-0.1, -0.05) is 6.92 Å². The fourth-order valence-electron chi connectivity index (χ4n) is 0.629. The number of nitrogens with two attached hydrogens (primary N) is 1. The monoisotopic (exact) mass is 163 g/mol. The Hall–Kier alpha value is -0.220. The summed E-state index contributed by atoms with van der Waals surface area (Å²) in [6, 6.07) is -0.102. The van der Waals surface area contributed by atoms with E-state index in [1.165, 1.54) is 0 Å². The van der Waals surface area contributed by atoms with Crippen LogP contribution in [0.2, 0.25) is 0 Å². The molecule has 0 heterocycles. The number of carboxylic acid groups (broad SMARTS) is 1. The van der Waals surface area contributed by atoms with Crippen LogP contribution >= 0.6 is 12.6 Å². The summed E-state index contributed by atoms with van der Waals surface area (Å²) in [6.07, 6.45) is 0.499. The molecule has 10 heavy (non-hydrogen) atoms. The number of carbonyl (C=O) groups is 1. The minimum atomic E-state index is -0.794. The van der Waals surface area contributed by atoms with Gasteiger partial charge in [0.1, 0.15) is 0 Å². The highest BCUT2D eigenvalue weighted by Gasteiger charge is 2.13. The van der Waals surface area contributed by atoms with E-state index in [0.29, 0.717) is 12.2 Å². The van der Waals surface area contributed by atoms with Gasteiger partial charge in [0.2, 0.25) is 0 Å². The van der Waals surface area contributed by atoms with Crippen LogP contribution in [0.25, 0.3) is 0 Å². The second-order valence-corrected chi connectivity index (χ2v) is 2.78. The van der Waals surface area contributed by atoms with E-state index in [9.17, 15) is 4.79 Å². The van der Waals surface area contributed by atoms with Gasteiger partial charge >= 0.3 is 5.97 Å². The molecule has 0 aliphatic carbocycles. The van der Waals surface area contributed by atoms with Crippen LogP contribution in [0.1, 0.15) is 13.3 Å². The lowest BCUT2D eigenvalue weighted by atomic mass is 10.0. The van der Waals surface area contributed by atoms with Crippen molar-refractivity contribution in [2.24, 2.45) is 11.7 Å². The Labute approximate surface area is 66.0 Å². The van der Waals surface area contributed by atoms with Crippen molar-refractivity contribution in [3.8, 4) is 0 Å². The molecule has 0 saturated heterocycles. The highest BCUT2D eigenvalue weighted by molar-refractivity contribution is 7.80. The van der Waals surface area contributed by atoms with Crippen LogP contribution in [0.15, 0.2) is 0 Å². The third-order valence-corrected chi connectivity index (χ3v) is 1.78. The van der Waals surface area contributed by atoms with Crippen LogP contribution in [0, 0.1) is 5.92 Å². The minimum Gasteiger partial charge on any atom is -0.481 e. The van der Waals surface area contributed by atoms with Crippen molar-refractivity contribution in [3.05, 3.63) is 0 Å². The first-order valence-electron chi connectivity index (χ1n) is 3.17. The first-order valence-corrected chi connectivity index (χ1v) is 3.80. The van der Waals surface area contributed by atoms with Gasteiger partial charge in [0, 0.05) is 11.8 Å². The number of rotatable bonds is 4. The lowest BCUT2D eigenvalue weighted by molar-refractivity contribution is -0.141. The molecule has 0 rings (SSSR count). The maximum atomic E-state index is 10.3. The molecule has 0 bridgehead atoms. The van der Waals surface area contributed by atoms with Crippen molar-refractivity contribution < 1.29 is 9.90 Å². The molecular formula is C6H13NO2S. The lowest BCUT2D eigenvalue weighted by Gasteiger charge is -2.10. The Balaban J connectivity index is 3.56. The zero-order valence-electron chi connectivity index (χ0n) is 5.95. The summed E-state index contributed by atoms with van der Waals surface area (Å²) in [5.74, 6) is -0.614. The quantitative estimate of drug-likeness (QED) is 0.524. The normalized spacial score (nSPS) is 16.3. The Morgan fingerprint density at radius 2 is 2.30 bits per heavy atom. The number of hydrogen-bond acceptors (Lipinski definition) is 3. The molecule has 2 atom stereocenters. The van der Waals surface area contributed by atoms with Crippen molar-refractivity contribution in [1.82, 2.24) is 0 Å². The first kappa shape index (κ1) is 9.78. The molecule has 0 aliphatic rings. The molecule has 0 saturated carbocycles. The van der Waals surface area contributed by atoms with Crippen LogP contribution in [0.3, 0.4) is 0 Å². The summed E-state index contributed by atoms with van der Waals surface area (Å²) in [7, 11) is 0. The lowest BCUT2D eigenvalue weighted by Crippen LogP contribution is -2.27. The summed E-state index contributed by atoms with van der Waals surface area (Å²) in [4.78, 5) is 10.3. The van der Waals surface area contributed by atoms with Gasteiger partial charge in [-0.25, -0.2) is 0 Å². The molecule has 0 amide bonds. The number of hydrogen-bond donors (Lipinski definition) is 3. The molecule has 0 aromatic heterocycles. The topological polar surface area (TPSA) is 63.3 Å². The molecule has 0 radical (unpaired) electrons. The van der Waals surface area contributed by atoms with Crippen molar-refractivity contribution >= 4 is 18.6 Å². The van der Waals surface area contributed by atoms with E-state index in [-0.39, 0.29) is 12.0 Å². The van der Waals surface area contributed by atoms with Gasteiger partial charge in [0.25, 0.3) is 0 Å². The molecule has 0 spiro atoms. The standard InChI is InChI=1S/C6H13NO2S/c1-4(6(8)9)2-5(7)3-10/h4-5,10H,2-3,7H2,1H3,(H,8,9)/t4?,5-/m0/s1. The Morgan fingerprint density at radius 1 is 1.80 bits per heavy atom. The SMILES string of the molecule is CC(C[C@H](N)CS)C(=O)O. The maximum Gasteiger partial charge on any atom is 0.306 e. The molecule has 4 heteroatoms. The highest BCUT2D eigenvalue weighted by Crippen LogP contribution is 2.04. The molecule has 3 N–H and O–H groups in total. The number of thiol groups is 1. The van der Waals surface area contributed by atoms with Crippen molar-refractivity contribution in [3.63, 3.8) is 0 Å². The fraction of sp³-hybridized carbons (Fsp3) is 0.833. The minimum absolute atomic E-state index is 0.102. The molecular weight excluding hydrogens is 150 g/mol. The zero-order chi connectivity index (χ0) is 8.15. The number of aliphatic carboxylic acids is 1. The average molecular weight is 163 g/mol. The van der Waals surface area contributed by atoms with E-state index in [4.69, 9.17) is 10.8 Å². The van der Waals surface area contributed by atoms with Gasteiger partial charge in [-0.15, -0.1) is 0 Å². The van der Waals surface area contributed by atoms with E-state index in [1.807, 2.05) is 0 Å². The van der Waals surface area contributed by atoms with E-state index >= 15 is 0 Å². The van der Waals surface area contributed by atoms with Gasteiger partial charge < -0.3 is 10.8 Å². The molecule has 0 aromatic carbocycles. The van der Waals surface area contributed by atoms with Gasteiger partial charge in [-0.05, 0) is 6.42 Å². The van der Waals surface area contributed by atoms with Gasteiger partial charge in [-0.3, -0.25) is 4.79 Å². The summed E-state index contributed by atoms with van der Waals surface area (Å²) in [6.45, 7) is 1.64. The van der Waals surface area contributed by atoms with Crippen molar-refractivity contribution in [1.29, 1.82) is 0 Å². The third kappa shape index (κ3) is 3.74. The van der Waals surface area contributed by atoms with Gasteiger partial charge in [0.05, 0.1) is 5.92 Å². The van der Waals surface area contributed by atoms with E-state index < -0.39 is 5.97 Å². The molecule has 0 aliphatic heterocycles. The Kier molecular flexibility index (Phi) is 4.47. The Morgan fingerprint density at radius 3 is 2.60 bits per heavy atom. The average Bonchev–Trinajstić information content (AvgIpc) is 1.87. The summed E-state index contributed by atoms with van der Waals surface area (Å²) >= 11 is 3.94. The van der Waals surface area contributed by atoms with E-state index in [1.54, 1.807) is 6.92 Å². The maximum absolute atomic E-state index is 10.3. The largest absolute Gasteiger partial charge is 0.481 e. The van der Waals surface area contributed by atoms with Crippen molar-refractivity contribution in [2.75, 3.05) is 5.75 Å². The predicted octanol–water partition coefficient (Wildman–Crippen LogP) is 0.354. The number of carboxylic acids is 1. The molecule has 0 fully saturated rings. The van der Waals surface area contributed by atoms with Gasteiger partial charge in [0.15, 0.2) is 0 Å². The summed E-state index contributed by atoms with van der Waals surface area (Å²) < 4.78 is 0. The molecule has 60 valence electrons. The first-order chi connectivity index (χ1) is 4.57. The molecule has 0 aromatic rings. The van der Waals surface area contributed by atoms with Gasteiger partial charge in [-0.2, -0.15) is 12.6 Å². The second kappa shape index (κ2) is 4.57. The summed E-state index contributed by atoms with van der Waals surface area (Å²) in [5.41, 5.74) is 5.47. The van der Waals surface area contributed by atoms with Crippen LogP contribution in [0.4, 0.5) is 0 Å². The van der Waals surface area contributed by atoms with Crippen LogP contribution in [-0.2, 0) is 4.79 Å². The predicted molar refractivity (Wildman–Crippen MR) is 43.2 cm³/mol. The van der Waals surface area contributed by atoms with Crippen molar-refractivity contribution in [2.45, 2.75) is 19.4 Å². The summed E-state index contributed by atoms with van der Waals surface area (Å²) in [5, 5.41) is 8.45. The second-order valence-electron chi connectivity index (χ2n) is 2.42. The van der Waals surface area contributed by atoms with Crippen LogP contribution in [0.5, 0.6) is 0 Å². The van der Waals surface area contributed by atoms with E-state index in [2.05, 4.69) is 12.6 Å². The molecule has 3 nitrogen and oxygen atoms in total. The highest BCUT2D eigenvalue weighted by atomic mass is 32.1. The van der Waals surface area contributed by atoms with Crippen LogP contribution in [-0.4, -0.2) is 22.9 Å². The Bertz CT molecular complexity index is 118. The van der Waals surface area contributed by atoms with E-state index in [0.717, 1.165) is 0 Å². The molecule has 1 unspecified atom stereocenters. The van der Waals surface area contributed by atoms with Crippen LogP contribution < -0.4 is 5.73 Å². The smallest absolute Gasteiger partial charge is 0.306 e. The zero-order valence-corrected chi connectivity index (χ0v) is 6.84. The third-order valence-electron chi connectivity index (χ3n) is 1.31.